The molecule has 2 heterocycles. The first-order valence-electron chi connectivity index (χ1n) is 7.97. The molecule has 1 saturated heterocycles. The molecule has 3 aliphatic rings. The first-order valence-corrected chi connectivity index (χ1v) is 7.97. The van der Waals surface area contributed by atoms with E-state index < -0.39 is 17.8 Å². The second-order valence-corrected chi connectivity index (χ2v) is 6.14. The Labute approximate surface area is 139 Å². The Balaban J connectivity index is 0.000000249. The van der Waals surface area contributed by atoms with E-state index in [2.05, 4.69) is 6.92 Å². The lowest BCUT2D eigenvalue weighted by Gasteiger charge is -2.25. The molecular weight excluding hydrogens is 316 g/mol. The summed E-state index contributed by atoms with van der Waals surface area (Å²) in [4.78, 5) is 59.3. The molecule has 3 rings (SSSR count). The van der Waals surface area contributed by atoms with Crippen LogP contribution in [0.4, 0.5) is 0 Å². The van der Waals surface area contributed by atoms with Crippen LogP contribution in [0.15, 0.2) is 12.2 Å². The number of nitrogens with one attached hydrogen (secondary N) is 1. The second kappa shape index (κ2) is 7.85. The standard InChI is InChI=1S/C12H17NO4.C4H3NO2/c1-8-2-4-9(5-3-8)12(16)17-13-10(14)6-7-11(13)15;6-3-1-2-4(7)5-3/h8-9H,2-7H2,1H3;1-2H,(H,5,6,7). The molecule has 130 valence electrons. The summed E-state index contributed by atoms with van der Waals surface area (Å²) in [5, 5.41) is 2.67. The fourth-order valence-corrected chi connectivity index (χ4v) is 2.67. The van der Waals surface area contributed by atoms with Gasteiger partial charge in [0.05, 0.1) is 5.92 Å². The topological polar surface area (TPSA) is 110 Å². The van der Waals surface area contributed by atoms with E-state index in [-0.39, 0.29) is 30.6 Å². The second-order valence-electron chi connectivity index (χ2n) is 6.14. The summed E-state index contributed by atoms with van der Waals surface area (Å²) in [7, 11) is 0. The van der Waals surface area contributed by atoms with Crippen LogP contribution in [-0.4, -0.2) is 34.7 Å². The van der Waals surface area contributed by atoms with Crippen LogP contribution in [-0.2, 0) is 28.8 Å². The summed E-state index contributed by atoms with van der Waals surface area (Å²) >= 11 is 0. The zero-order valence-corrected chi connectivity index (χ0v) is 13.4. The minimum atomic E-state index is -0.430. The summed E-state index contributed by atoms with van der Waals surface area (Å²) in [6.07, 6.45) is 6.27. The Morgan fingerprint density at radius 2 is 1.50 bits per heavy atom. The van der Waals surface area contributed by atoms with Crippen LogP contribution < -0.4 is 5.32 Å². The minimum absolute atomic E-state index is 0.147. The molecule has 1 aliphatic carbocycles. The molecule has 1 N–H and O–H groups in total. The van der Waals surface area contributed by atoms with Gasteiger partial charge in [-0.1, -0.05) is 6.92 Å². The maximum absolute atomic E-state index is 11.8. The van der Waals surface area contributed by atoms with Gasteiger partial charge in [0.1, 0.15) is 0 Å². The molecule has 8 nitrogen and oxygen atoms in total. The molecule has 2 aliphatic heterocycles. The molecule has 0 aromatic rings. The Morgan fingerprint density at radius 3 is 1.92 bits per heavy atom. The minimum Gasteiger partial charge on any atom is -0.330 e. The van der Waals surface area contributed by atoms with Crippen LogP contribution in [0.3, 0.4) is 0 Å². The highest BCUT2D eigenvalue weighted by atomic mass is 16.7. The van der Waals surface area contributed by atoms with E-state index in [0.29, 0.717) is 11.0 Å². The van der Waals surface area contributed by atoms with E-state index in [9.17, 15) is 24.0 Å². The van der Waals surface area contributed by atoms with Crippen molar-refractivity contribution in [2.45, 2.75) is 45.4 Å². The number of rotatable bonds is 2. The normalized spacial score (nSPS) is 26.1. The third-order valence-corrected chi connectivity index (χ3v) is 4.17. The lowest BCUT2D eigenvalue weighted by Crippen LogP contribution is -2.35. The molecule has 0 spiro atoms. The summed E-state index contributed by atoms with van der Waals surface area (Å²) < 4.78 is 0. The number of nitrogens with zero attached hydrogens (tertiary/aromatic N) is 1. The Hall–Kier alpha value is -2.51. The van der Waals surface area contributed by atoms with Gasteiger partial charge in [-0.15, -0.1) is 5.06 Å². The van der Waals surface area contributed by atoms with E-state index in [0.717, 1.165) is 25.7 Å². The van der Waals surface area contributed by atoms with Crippen molar-refractivity contribution in [3.63, 3.8) is 0 Å². The van der Waals surface area contributed by atoms with Crippen LogP contribution in [0.2, 0.25) is 0 Å². The van der Waals surface area contributed by atoms with Crippen molar-refractivity contribution in [2.75, 3.05) is 0 Å². The fourth-order valence-electron chi connectivity index (χ4n) is 2.67. The number of carbonyl (C=O) groups is 5. The van der Waals surface area contributed by atoms with Crippen molar-refractivity contribution in [3.8, 4) is 0 Å². The van der Waals surface area contributed by atoms with Gasteiger partial charge in [0.15, 0.2) is 0 Å². The molecule has 24 heavy (non-hydrogen) atoms. The van der Waals surface area contributed by atoms with Gasteiger partial charge < -0.3 is 4.84 Å². The van der Waals surface area contributed by atoms with Crippen LogP contribution in [0.5, 0.6) is 0 Å². The quantitative estimate of drug-likeness (QED) is 0.740. The summed E-state index contributed by atoms with van der Waals surface area (Å²) in [6, 6.07) is 0. The zero-order valence-electron chi connectivity index (χ0n) is 13.4. The van der Waals surface area contributed by atoms with Gasteiger partial charge in [0.25, 0.3) is 23.6 Å². The first kappa shape index (κ1) is 17.8. The predicted molar refractivity (Wildman–Crippen MR) is 80.6 cm³/mol. The molecule has 2 fully saturated rings. The lowest BCUT2D eigenvalue weighted by molar-refractivity contribution is -0.201. The van der Waals surface area contributed by atoms with Crippen LogP contribution in [0.25, 0.3) is 0 Å². The average molecular weight is 336 g/mol. The van der Waals surface area contributed by atoms with E-state index in [1.807, 2.05) is 5.32 Å². The maximum Gasteiger partial charge on any atom is 0.336 e. The number of hydrogen-bond donors (Lipinski definition) is 1. The smallest absolute Gasteiger partial charge is 0.330 e. The van der Waals surface area contributed by atoms with Gasteiger partial charge in [-0.2, -0.15) is 0 Å². The number of hydroxylamine groups is 2. The monoisotopic (exact) mass is 336 g/mol. The largest absolute Gasteiger partial charge is 0.336 e. The fraction of sp³-hybridized carbons (Fsp3) is 0.562. The van der Waals surface area contributed by atoms with Crippen LogP contribution in [0, 0.1) is 11.8 Å². The van der Waals surface area contributed by atoms with Crippen molar-refractivity contribution in [2.24, 2.45) is 11.8 Å². The van der Waals surface area contributed by atoms with Gasteiger partial charge in [-0.3, -0.25) is 24.5 Å². The van der Waals surface area contributed by atoms with Crippen molar-refractivity contribution >= 4 is 29.6 Å². The summed E-state index contributed by atoms with van der Waals surface area (Å²) in [6.45, 7) is 2.16. The molecule has 0 radical (unpaired) electrons. The van der Waals surface area contributed by atoms with Gasteiger partial charge in [-0.05, 0) is 31.6 Å². The molecule has 0 aromatic carbocycles. The Kier molecular flexibility index (Phi) is 5.83. The summed E-state index contributed by atoms with van der Waals surface area (Å²) in [5.74, 6) is -1.42. The maximum atomic E-state index is 11.8. The summed E-state index contributed by atoms with van der Waals surface area (Å²) in [5.41, 5.74) is 0. The zero-order chi connectivity index (χ0) is 17.7. The highest BCUT2D eigenvalue weighted by Crippen LogP contribution is 2.29. The van der Waals surface area contributed by atoms with Crippen molar-refractivity contribution in [3.05, 3.63) is 12.2 Å². The van der Waals surface area contributed by atoms with Crippen molar-refractivity contribution in [1.29, 1.82) is 0 Å². The molecule has 0 bridgehead atoms. The highest BCUT2D eigenvalue weighted by molar-refractivity contribution is 6.12. The van der Waals surface area contributed by atoms with Gasteiger partial charge in [0.2, 0.25) is 0 Å². The van der Waals surface area contributed by atoms with Gasteiger partial charge in [-0.25, -0.2) is 4.79 Å². The lowest BCUT2D eigenvalue weighted by atomic mass is 9.83. The van der Waals surface area contributed by atoms with E-state index in [1.165, 1.54) is 12.2 Å². The van der Waals surface area contributed by atoms with Crippen molar-refractivity contribution in [1.82, 2.24) is 10.4 Å². The first-order chi connectivity index (χ1) is 11.4. The predicted octanol–water partition coefficient (Wildman–Crippen LogP) is 0.619. The third kappa shape index (κ3) is 4.74. The third-order valence-electron chi connectivity index (χ3n) is 4.17. The van der Waals surface area contributed by atoms with Crippen LogP contribution in [0.1, 0.15) is 45.4 Å². The molecule has 4 amide bonds. The highest BCUT2D eigenvalue weighted by Gasteiger charge is 2.35. The van der Waals surface area contributed by atoms with E-state index >= 15 is 0 Å². The van der Waals surface area contributed by atoms with Crippen LogP contribution >= 0.6 is 0 Å². The molecule has 8 heteroatoms. The number of hydrogen-bond acceptors (Lipinski definition) is 6. The number of amides is 4. The number of imide groups is 2. The van der Waals surface area contributed by atoms with Gasteiger partial charge in [0, 0.05) is 25.0 Å². The molecular formula is C16H20N2O6. The number of carbonyl (C=O) groups excluding carboxylic acids is 5. The molecule has 1 saturated carbocycles. The van der Waals surface area contributed by atoms with E-state index in [1.54, 1.807) is 0 Å². The SMILES string of the molecule is CC1CCC(C(=O)ON2C(=O)CCC2=O)CC1.O=C1C=CC(=O)N1. The van der Waals surface area contributed by atoms with Gasteiger partial charge >= 0.3 is 5.97 Å². The average Bonchev–Trinajstić information content (AvgIpc) is 3.07. The Bertz CT molecular complexity index is 557. The molecule has 0 aromatic heterocycles. The molecule has 0 atom stereocenters. The van der Waals surface area contributed by atoms with E-state index in [4.69, 9.17) is 4.84 Å². The Morgan fingerprint density at radius 1 is 1.00 bits per heavy atom. The molecule has 0 unspecified atom stereocenters. The van der Waals surface area contributed by atoms with Crippen molar-refractivity contribution < 1.29 is 28.8 Å².